The van der Waals surface area contributed by atoms with E-state index in [1.54, 1.807) is 12.1 Å². The molecule has 0 spiro atoms. The van der Waals surface area contributed by atoms with Crippen molar-refractivity contribution in [2.45, 2.75) is 25.4 Å². The van der Waals surface area contributed by atoms with Gasteiger partial charge in [0.15, 0.2) is 5.43 Å². The van der Waals surface area contributed by atoms with Crippen LogP contribution in [-0.2, 0) is 12.0 Å². The number of ether oxygens (including phenoxy) is 1. The molecule has 2 heterocycles. The molecule has 0 bridgehead atoms. The smallest absolute Gasteiger partial charge is 0.292 e. The maximum absolute atomic E-state index is 12.6. The van der Waals surface area contributed by atoms with Crippen LogP contribution in [0.3, 0.4) is 0 Å². The molecule has 110 valence electrons. The van der Waals surface area contributed by atoms with Gasteiger partial charge in [0.1, 0.15) is 11.2 Å². The van der Waals surface area contributed by atoms with E-state index < -0.39 is 5.60 Å². The first kappa shape index (κ1) is 13.1. The van der Waals surface area contributed by atoms with Gasteiger partial charge in [-0.1, -0.05) is 42.5 Å². The lowest BCUT2D eigenvalue weighted by molar-refractivity contribution is 0.0331. The Morgan fingerprint density at radius 1 is 1.00 bits per heavy atom. The lowest BCUT2D eigenvalue weighted by Gasteiger charge is -2.34. The molecule has 2 aromatic carbocycles. The summed E-state index contributed by atoms with van der Waals surface area (Å²) in [5, 5.41) is 0.619. The van der Waals surface area contributed by atoms with Crippen LogP contribution in [0.25, 0.3) is 11.0 Å². The first-order valence-corrected chi connectivity index (χ1v) is 7.47. The molecular formula is C19H16O3. The van der Waals surface area contributed by atoms with E-state index >= 15 is 0 Å². The quantitative estimate of drug-likeness (QED) is 0.679. The van der Waals surface area contributed by atoms with Gasteiger partial charge in [0.05, 0.1) is 10.9 Å². The first-order valence-electron chi connectivity index (χ1n) is 7.47. The van der Waals surface area contributed by atoms with Crippen molar-refractivity contribution in [3.05, 3.63) is 75.9 Å². The van der Waals surface area contributed by atoms with Gasteiger partial charge in [0.25, 0.3) is 5.95 Å². The zero-order chi connectivity index (χ0) is 15.2. The summed E-state index contributed by atoms with van der Waals surface area (Å²) in [6, 6.07) is 17.4. The molecule has 0 saturated carbocycles. The second-order valence-electron chi connectivity index (χ2n) is 5.89. The maximum atomic E-state index is 12.6. The van der Waals surface area contributed by atoms with Crippen molar-refractivity contribution >= 4 is 11.0 Å². The summed E-state index contributed by atoms with van der Waals surface area (Å²) in [6.45, 7) is 2.04. The fourth-order valence-electron chi connectivity index (χ4n) is 3.07. The van der Waals surface area contributed by atoms with E-state index in [9.17, 15) is 4.79 Å². The molecule has 0 radical (unpaired) electrons. The molecule has 0 amide bonds. The van der Waals surface area contributed by atoms with Gasteiger partial charge in [-0.3, -0.25) is 4.79 Å². The summed E-state index contributed by atoms with van der Waals surface area (Å²) < 4.78 is 12.0. The van der Waals surface area contributed by atoms with E-state index in [1.165, 1.54) is 0 Å². The van der Waals surface area contributed by atoms with Crippen molar-refractivity contribution < 1.29 is 9.15 Å². The third-order valence-corrected chi connectivity index (χ3v) is 4.41. The number of hydrogen-bond donors (Lipinski definition) is 0. The van der Waals surface area contributed by atoms with Crippen molar-refractivity contribution in [3.63, 3.8) is 0 Å². The highest BCUT2D eigenvalue weighted by atomic mass is 16.6. The van der Waals surface area contributed by atoms with Gasteiger partial charge in [-0.25, -0.2) is 0 Å². The molecule has 1 aromatic heterocycles. The molecule has 0 aliphatic carbocycles. The van der Waals surface area contributed by atoms with E-state index in [0.29, 0.717) is 28.9 Å². The SMILES string of the molecule is CC1(c2ccccc2)CCc2c(oc3ccccc3c2=O)O1. The van der Waals surface area contributed by atoms with E-state index in [1.807, 2.05) is 49.4 Å². The van der Waals surface area contributed by atoms with Crippen molar-refractivity contribution in [2.24, 2.45) is 0 Å². The minimum Gasteiger partial charge on any atom is -0.454 e. The Balaban J connectivity index is 1.86. The fourth-order valence-corrected chi connectivity index (χ4v) is 3.07. The van der Waals surface area contributed by atoms with Crippen molar-refractivity contribution in [1.82, 2.24) is 0 Å². The van der Waals surface area contributed by atoms with Crippen LogP contribution in [0.5, 0.6) is 5.95 Å². The highest BCUT2D eigenvalue weighted by molar-refractivity contribution is 5.77. The van der Waals surface area contributed by atoms with Gasteiger partial charge in [0, 0.05) is 0 Å². The van der Waals surface area contributed by atoms with E-state index in [2.05, 4.69) is 0 Å². The monoisotopic (exact) mass is 292 g/mol. The summed E-state index contributed by atoms with van der Waals surface area (Å²) in [5.41, 5.74) is 1.87. The molecule has 3 nitrogen and oxygen atoms in total. The van der Waals surface area contributed by atoms with Crippen molar-refractivity contribution in [2.75, 3.05) is 0 Å². The Bertz CT molecular complexity index is 895. The third-order valence-electron chi connectivity index (χ3n) is 4.41. The summed E-state index contributed by atoms with van der Waals surface area (Å²) in [4.78, 5) is 12.6. The van der Waals surface area contributed by atoms with Gasteiger partial charge in [0.2, 0.25) is 0 Å². The molecule has 3 aromatic rings. The zero-order valence-corrected chi connectivity index (χ0v) is 12.3. The van der Waals surface area contributed by atoms with Crippen LogP contribution in [0.15, 0.2) is 63.8 Å². The van der Waals surface area contributed by atoms with Gasteiger partial charge in [-0.05, 0) is 37.5 Å². The second-order valence-corrected chi connectivity index (χ2v) is 5.89. The number of hydrogen-bond acceptors (Lipinski definition) is 3. The zero-order valence-electron chi connectivity index (χ0n) is 12.3. The van der Waals surface area contributed by atoms with Gasteiger partial charge >= 0.3 is 0 Å². The Hall–Kier alpha value is -2.55. The molecule has 22 heavy (non-hydrogen) atoms. The average Bonchev–Trinajstić information content (AvgIpc) is 2.56. The number of rotatable bonds is 1. The summed E-state index contributed by atoms with van der Waals surface area (Å²) >= 11 is 0. The number of para-hydroxylation sites is 1. The minimum atomic E-state index is -0.466. The Kier molecular flexibility index (Phi) is 2.83. The molecule has 1 aliphatic heterocycles. The molecule has 0 N–H and O–H groups in total. The predicted molar refractivity (Wildman–Crippen MR) is 85.2 cm³/mol. The normalized spacial score (nSPS) is 20.4. The van der Waals surface area contributed by atoms with Crippen LogP contribution in [0.2, 0.25) is 0 Å². The molecule has 3 heteroatoms. The predicted octanol–water partition coefficient (Wildman–Crippen LogP) is 4.03. The lowest BCUT2D eigenvalue weighted by Crippen LogP contribution is -2.35. The fraction of sp³-hybridized carbons (Fsp3) is 0.211. The molecule has 1 aliphatic rings. The molecule has 1 unspecified atom stereocenters. The third kappa shape index (κ3) is 1.93. The second kappa shape index (κ2) is 4.73. The van der Waals surface area contributed by atoms with E-state index in [-0.39, 0.29) is 5.43 Å². The highest BCUT2D eigenvalue weighted by Gasteiger charge is 2.36. The van der Waals surface area contributed by atoms with Crippen LogP contribution in [-0.4, -0.2) is 0 Å². The van der Waals surface area contributed by atoms with Crippen LogP contribution in [0, 0.1) is 0 Å². The lowest BCUT2D eigenvalue weighted by atomic mass is 9.87. The average molecular weight is 292 g/mol. The minimum absolute atomic E-state index is 0.0203. The van der Waals surface area contributed by atoms with Crippen LogP contribution in [0.1, 0.15) is 24.5 Å². The summed E-state index contributed by atoms with van der Waals surface area (Å²) in [7, 11) is 0. The first-order chi connectivity index (χ1) is 10.7. The van der Waals surface area contributed by atoms with Crippen molar-refractivity contribution in [3.8, 4) is 5.95 Å². The standard InChI is InChI=1S/C19H16O3/c1-19(13-7-3-2-4-8-13)12-11-15-17(20)14-9-5-6-10-16(14)21-18(15)22-19/h2-10H,11-12H2,1H3. The van der Waals surface area contributed by atoms with Crippen LogP contribution < -0.4 is 10.2 Å². The van der Waals surface area contributed by atoms with Crippen LogP contribution >= 0.6 is 0 Å². The molecule has 0 fully saturated rings. The van der Waals surface area contributed by atoms with Crippen molar-refractivity contribution in [1.29, 1.82) is 0 Å². The largest absolute Gasteiger partial charge is 0.454 e. The van der Waals surface area contributed by atoms with Gasteiger partial charge < -0.3 is 9.15 Å². The summed E-state index contributed by atoms with van der Waals surface area (Å²) in [5.74, 6) is 0.362. The number of benzene rings is 2. The maximum Gasteiger partial charge on any atom is 0.292 e. The van der Waals surface area contributed by atoms with Crippen LogP contribution in [0.4, 0.5) is 0 Å². The van der Waals surface area contributed by atoms with Gasteiger partial charge in [-0.2, -0.15) is 0 Å². The van der Waals surface area contributed by atoms with E-state index in [4.69, 9.17) is 9.15 Å². The Morgan fingerprint density at radius 3 is 2.55 bits per heavy atom. The summed E-state index contributed by atoms with van der Waals surface area (Å²) in [6.07, 6.45) is 1.42. The number of fused-ring (bicyclic) bond motifs is 2. The van der Waals surface area contributed by atoms with E-state index in [0.717, 1.165) is 12.0 Å². The van der Waals surface area contributed by atoms with Gasteiger partial charge in [-0.15, -0.1) is 0 Å². The highest BCUT2D eigenvalue weighted by Crippen LogP contribution is 2.39. The topological polar surface area (TPSA) is 39.4 Å². The molecule has 0 saturated heterocycles. The molecule has 4 rings (SSSR count). The Labute approximate surface area is 128 Å². The Morgan fingerprint density at radius 2 is 1.73 bits per heavy atom. The molecular weight excluding hydrogens is 276 g/mol. The molecule has 1 atom stereocenters.